The lowest BCUT2D eigenvalue weighted by Gasteiger charge is -2.35. The number of aryl methyl sites for hydroxylation is 1. The van der Waals surface area contributed by atoms with Gasteiger partial charge in [-0.15, -0.1) is 11.8 Å². The Bertz CT molecular complexity index is 985. The number of carbonyl (C=O) groups is 1. The molecule has 6 heteroatoms. The number of benzene rings is 2. The first-order valence-corrected chi connectivity index (χ1v) is 10.4. The highest BCUT2D eigenvalue weighted by atomic mass is 32.2. The summed E-state index contributed by atoms with van der Waals surface area (Å²) in [6.45, 7) is 4.52. The molecule has 28 heavy (non-hydrogen) atoms. The minimum atomic E-state index is -0.268. The average molecular weight is 396 g/mol. The minimum absolute atomic E-state index is 0.0937. The second-order valence-corrected chi connectivity index (χ2v) is 8.14. The highest BCUT2D eigenvalue weighted by Gasteiger charge is 2.33. The van der Waals surface area contributed by atoms with Crippen LogP contribution in [0.1, 0.15) is 34.3 Å². The Morgan fingerprint density at radius 3 is 2.54 bits per heavy atom. The predicted molar refractivity (Wildman–Crippen MR) is 110 cm³/mol. The van der Waals surface area contributed by atoms with Crippen molar-refractivity contribution in [3.05, 3.63) is 82.9 Å². The maximum Gasteiger partial charge on any atom is 0.224 e. The molecule has 0 N–H and O–H groups in total. The summed E-state index contributed by atoms with van der Waals surface area (Å²) in [6, 6.07) is 16.4. The van der Waals surface area contributed by atoms with Gasteiger partial charge < -0.3 is 4.90 Å². The van der Waals surface area contributed by atoms with E-state index in [-0.39, 0.29) is 17.1 Å². The van der Waals surface area contributed by atoms with Crippen LogP contribution in [-0.4, -0.2) is 26.3 Å². The Balaban J connectivity index is 1.70. The first-order valence-electron chi connectivity index (χ1n) is 9.31. The number of rotatable bonds is 4. The van der Waals surface area contributed by atoms with Crippen molar-refractivity contribution < 1.29 is 9.18 Å². The van der Waals surface area contributed by atoms with Crippen molar-refractivity contribution in [2.75, 3.05) is 5.75 Å². The second kappa shape index (κ2) is 7.80. The fourth-order valence-electron chi connectivity index (χ4n) is 3.65. The molecule has 0 radical (unpaired) electrons. The van der Waals surface area contributed by atoms with E-state index in [0.29, 0.717) is 13.0 Å². The maximum absolute atomic E-state index is 13.3. The largest absolute Gasteiger partial charge is 0.322 e. The quantitative estimate of drug-likeness (QED) is 0.637. The normalized spacial score (nSPS) is 17.2. The van der Waals surface area contributed by atoms with Crippen LogP contribution in [-0.2, 0) is 11.3 Å². The SMILES string of the molecule is Cc1nn(-c2ccccc2)c(C)c1C1SCCC(=O)N1Cc1ccc(F)cc1. The van der Waals surface area contributed by atoms with E-state index in [4.69, 9.17) is 5.10 Å². The first-order chi connectivity index (χ1) is 13.5. The third-order valence-corrected chi connectivity index (χ3v) is 6.30. The number of hydrogen-bond donors (Lipinski definition) is 0. The number of para-hydroxylation sites is 1. The van der Waals surface area contributed by atoms with Crippen LogP contribution in [0, 0.1) is 19.7 Å². The van der Waals surface area contributed by atoms with Crippen molar-refractivity contribution in [1.29, 1.82) is 0 Å². The molecule has 3 aromatic rings. The Morgan fingerprint density at radius 2 is 1.82 bits per heavy atom. The number of amides is 1. The molecule has 2 heterocycles. The van der Waals surface area contributed by atoms with E-state index < -0.39 is 0 Å². The van der Waals surface area contributed by atoms with Crippen molar-refractivity contribution >= 4 is 17.7 Å². The fraction of sp³-hybridized carbons (Fsp3) is 0.273. The lowest BCUT2D eigenvalue weighted by molar-refractivity contribution is -0.132. The molecule has 0 aliphatic carbocycles. The summed E-state index contributed by atoms with van der Waals surface area (Å²) < 4.78 is 15.2. The van der Waals surface area contributed by atoms with Gasteiger partial charge in [0.2, 0.25) is 5.91 Å². The molecule has 1 atom stereocenters. The van der Waals surface area contributed by atoms with E-state index >= 15 is 0 Å². The molecule has 1 fully saturated rings. The van der Waals surface area contributed by atoms with Crippen molar-refractivity contribution in [3.8, 4) is 5.69 Å². The van der Waals surface area contributed by atoms with Gasteiger partial charge in [-0.25, -0.2) is 9.07 Å². The third kappa shape index (κ3) is 3.56. The summed E-state index contributed by atoms with van der Waals surface area (Å²) in [5.74, 6) is 0.647. The molecule has 1 unspecified atom stereocenters. The van der Waals surface area contributed by atoms with Crippen LogP contribution < -0.4 is 0 Å². The molecule has 1 aliphatic heterocycles. The summed E-state index contributed by atoms with van der Waals surface area (Å²) >= 11 is 1.77. The molecule has 1 aliphatic rings. The molecule has 0 bridgehead atoms. The lowest BCUT2D eigenvalue weighted by atomic mass is 10.1. The standard InChI is InChI=1S/C22H22FN3OS/c1-15-21(16(2)26(24-15)19-6-4-3-5-7-19)22-25(20(27)12-13-28-22)14-17-8-10-18(23)11-9-17/h3-11,22H,12-14H2,1-2H3. The first kappa shape index (κ1) is 18.7. The molecular formula is C22H22FN3OS. The smallest absolute Gasteiger partial charge is 0.224 e. The monoisotopic (exact) mass is 395 g/mol. The Labute approximate surface area is 168 Å². The van der Waals surface area contributed by atoms with Gasteiger partial charge in [-0.2, -0.15) is 5.10 Å². The highest BCUT2D eigenvalue weighted by molar-refractivity contribution is 7.99. The number of nitrogens with zero attached hydrogens (tertiary/aromatic N) is 3. The van der Waals surface area contributed by atoms with Crippen LogP contribution in [0.4, 0.5) is 4.39 Å². The Hall–Kier alpha value is -2.60. The van der Waals surface area contributed by atoms with Crippen LogP contribution in [0.3, 0.4) is 0 Å². The molecule has 4 rings (SSSR count). The predicted octanol–water partition coefficient (Wildman–Crippen LogP) is 4.79. The van der Waals surface area contributed by atoms with Crippen molar-refractivity contribution in [2.24, 2.45) is 0 Å². The van der Waals surface area contributed by atoms with Crippen molar-refractivity contribution in [1.82, 2.24) is 14.7 Å². The van der Waals surface area contributed by atoms with Gasteiger partial charge in [0.1, 0.15) is 11.2 Å². The van der Waals surface area contributed by atoms with Gasteiger partial charge >= 0.3 is 0 Å². The number of hydrogen-bond acceptors (Lipinski definition) is 3. The van der Waals surface area contributed by atoms with Gasteiger partial charge in [0.15, 0.2) is 0 Å². The number of carbonyl (C=O) groups excluding carboxylic acids is 1. The van der Waals surface area contributed by atoms with Crippen molar-refractivity contribution in [2.45, 2.75) is 32.2 Å². The molecule has 4 nitrogen and oxygen atoms in total. The summed E-state index contributed by atoms with van der Waals surface area (Å²) in [5.41, 5.74) is 4.99. The lowest BCUT2D eigenvalue weighted by Crippen LogP contribution is -2.37. The van der Waals surface area contributed by atoms with Crippen LogP contribution >= 0.6 is 11.8 Å². The zero-order chi connectivity index (χ0) is 19.7. The van der Waals surface area contributed by atoms with Gasteiger partial charge in [0.25, 0.3) is 0 Å². The van der Waals surface area contributed by atoms with Gasteiger partial charge in [-0.05, 0) is 43.7 Å². The van der Waals surface area contributed by atoms with Crippen molar-refractivity contribution in [3.63, 3.8) is 0 Å². The van der Waals surface area contributed by atoms with Gasteiger partial charge in [0.05, 0.1) is 11.4 Å². The number of halogens is 1. The maximum atomic E-state index is 13.3. The van der Waals surface area contributed by atoms with Crippen LogP contribution in [0.25, 0.3) is 5.69 Å². The van der Waals surface area contributed by atoms with E-state index in [1.807, 2.05) is 46.8 Å². The molecule has 1 aromatic heterocycles. The second-order valence-electron chi connectivity index (χ2n) is 6.95. The fourth-order valence-corrected chi connectivity index (χ4v) is 5.05. The van der Waals surface area contributed by atoms with Gasteiger partial charge in [-0.1, -0.05) is 30.3 Å². The van der Waals surface area contributed by atoms with E-state index in [2.05, 4.69) is 6.92 Å². The van der Waals surface area contributed by atoms with E-state index in [1.165, 1.54) is 12.1 Å². The summed E-state index contributed by atoms with van der Waals surface area (Å²) in [5, 5.41) is 4.66. The van der Waals surface area contributed by atoms with E-state index in [0.717, 1.165) is 34.0 Å². The van der Waals surface area contributed by atoms with Gasteiger partial charge in [0, 0.05) is 30.0 Å². The van der Waals surface area contributed by atoms with E-state index in [9.17, 15) is 9.18 Å². The third-order valence-electron chi connectivity index (χ3n) is 5.06. The number of aromatic nitrogens is 2. The zero-order valence-electron chi connectivity index (χ0n) is 15.9. The molecular weight excluding hydrogens is 373 g/mol. The highest BCUT2D eigenvalue weighted by Crippen LogP contribution is 2.41. The number of thioether (sulfide) groups is 1. The molecule has 144 valence electrons. The average Bonchev–Trinajstić information content (AvgIpc) is 3.00. The van der Waals surface area contributed by atoms with Crippen LogP contribution in [0.5, 0.6) is 0 Å². The Kier molecular flexibility index (Phi) is 5.22. The zero-order valence-corrected chi connectivity index (χ0v) is 16.7. The molecule has 2 aromatic carbocycles. The Morgan fingerprint density at radius 1 is 1.11 bits per heavy atom. The minimum Gasteiger partial charge on any atom is -0.322 e. The summed E-state index contributed by atoms with van der Waals surface area (Å²) in [6.07, 6.45) is 0.521. The molecule has 0 saturated carbocycles. The summed E-state index contributed by atoms with van der Waals surface area (Å²) in [4.78, 5) is 14.7. The topological polar surface area (TPSA) is 38.1 Å². The van der Waals surface area contributed by atoms with Crippen LogP contribution in [0.15, 0.2) is 54.6 Å². The van der Waals surface area contributed by atoms with E-state index in [1.54, 1.807) is 23.9 Å². The summed E-state index contributed by atoms with van der Waals surface area (Å²) in [7, 11) is 0. The molecule has 1 amide bonds. The van der Waals surface area contributed by atoms with Crippen LogP contribution in [0.2, 0.25) is 0 Å². The molecule has 1 saturated heterocycles. The molecule has 0 spiro atoms. The van der Waals surface area contributed by atoms with Gasteiger partial charge in [-0.3, -0.25) is 4.79 Å².